The van der Waals surface area contributed by atoms with Gasteiger partial charge in [-0.05, 0) is 51.9 Å². The van der Waals surface area contributed by atoms with Gasteiger partial charge in [0, 0.05) is 10.9 Å². The molecule has 1 aliphatic heterocycles. The van der Waals surface area contributed by atoms with E-state index in [1.807, 2.05) is 24.3 Å². The Morgan fingerprint density at radius 3 is 2.65 bits per heavy atom. The molecule has 3 rings (SSSR count). The highest BCUT2D eigenvalue weighted by molar-refractivity contribution is 6.34. The average Bonchev–Trinajstić information content (AvgIpc) is 3.07. The van der Waals surface area contributed by atoms with Gasteiger partial charge in [-0.3, -0.25) is 4.90 Å². The first-order valence-electron chi connectivity index (χ1n) is 7.19. The zero-order valence-electron chi connectivity index (χ0n) is 12.0. The summed E-state index contributed by atoms with van der Waals surface area (Å²) in [5, 5.41) is 1.65. The van der Waals surface area contributed by atoms with Gasteiger partial charge in [-0.1, -0.05) is 23.7 Å². The standard InChI is InChI=1S/C16H21ClN2O/c1-16(2,19-8-3-4-9-19)15(18)13-10-11-6-5-7-12(17)14(11)20-13/h5-7,10,15H,3-4,8-9,18H2,1-2H3. The smallest absolute Gasteiger partial charge is 0.152 e. The van der Waals surface area contributed by atoms with E-state index in [2.05, 4.69) is 18.7 Å². The number of furan rings is 1. The third kappa shape index (κ3) is 2.24. The Morgan fingerprint density at radius 1 is 1.30 bits per heavy atom. The SMILES string of the molecule is CC(C)(C(N)c1cc2cccc(Cl)c2o1)N1CCCC1. The molecule has 1 unspecified atom stereocenters. The monoisotopic (exact) mass is 292 g/mol. The number of fused-ring (bicyclic) bond motifs is 1. The minimum atomic E-state index is -0.163. The molecule has 0 amide bonds. The van der Waals surface area contributed by atoms with Crippen molar-refractivity contribution in [2.75, 3.05) is 13.1 Å². The number of likely N-dealkylation sites (tertiary alicyclic amines) is 1. The van der Waals surface area contributed by atoms with Crippen LogP contribution in [0.1, 0.15) is 38.5 Å². The molecule has 1 aliphatic rings. The van der Waals surface area contributed by atoms with Crippen molar-refractivity contribution in [3.8, 4) is 0 Å². The fourth-order valence-electron chi connectivity index (χ4n) is 3.04. The van der Waals surface area contributed by atoms with E-state index in [9.17, 15) is 0 Å². The molecule has 0 radical (unpaired) electrons. The maximum atomic E-state index is 6.49. The van der Waals surface area contributed by atoms with E-state index in [-0.39, 0.29) is 11.6 Å². The predicted molar refractivity (Wildman–Crippen MR) is 83.0 cm³/mol. The Balaban J connectivity index is 1.95. The molecule has 0 spiro atoms. The Bertz CT molecular complexity index is 614. The van der Waals surface area contributed by atoms with Crippen LogP contribution in [0.5, 0.6) is 0 Å². The van der Waals surface area contributed by atoms with Crippen LogP contribution in [0.25, 0.3) is 11.0 Å². The van der Waals surface area contributed by atoms with Gasteiger partial charge in [-0.25, -0.2) is 0 Å². The molecule has 108 valence electrons. The molecule has 0 bridgehead atoms. The summed E-state index contributed by atoms with van der Waals surface area (Å²) >= 11 is 6.17. The topological polar surface area (TPSA) is 42.4 Å². The number of hydrogen-bond acceptors (Lipinski definition) is 3. The van der Waals surface area contributed by atoms with E-state index in [1.54, 1.807) is 0 Å². The minimum Gasteiger partial charge on any atom is -0.458 e. The highest BCUT2D eigenvalue weighted by atomic mass is 35.5. The molecule has 3 nitrogen and oxygen atoms in total. The maximum absolute atomic E-state index is 6.49. The molecular weight excluding hydrogens is 272 g/mol. The molecule has 1 aromatic carbocycles. The molecule has 1 aromatic heterocycles. The Kier molecular flexibility index (Phi) is 3.53. The second kappa shape index (κ2) is 5.06. The van der Waals surface area contributed by atoms with Crippen molar-refractivity contribution >= 4 is 22.6 Å². The van der Waals surface area contributed by atoms with Crippen LogP contribution in [0.3, 0.4) is 0 Å². The molecule has 20 heavy (non-hydrogen) atoms. The lowest BCUT2D eigenvalue weighted by Crippen LogP contribution is -2.49. The third-order valence-corrected chi connectivity index (χ3v) is 4.80. The molecule has 2 aromatic rings. The van der Waals surface area contributed by atoms with Crippen molar-refractivity contribution < 1.29 is 4.42 Å². The zero-order chi connectivity index (χ0) is 14.3. The van der Waals surface area contributed by atoms with E-state index in [0.717, 1.165) is 29.8 Å². The van der Waals surface area contributed by atoms with Gasteiger partial charge in [-0.2, -0.15) is 0 Å². The number of nitrogens with zero attached hydrogens (tertiary/aromatic N) is 1. The first kappa shape index (κ1) is 13.9. The maximum Gasteiger partial charge on any atom is 0.152 e. The van der Waals surface area contributed by atoms with Gasteiger partial charge in [0.1, 0.15) is 5.76 Å². The Labute approximate surface area is 124 Å². The van der Waals surface area contributed by atoms with Crippen LogP contribution in [-0.2, 0) is 0 Å². The number of benzene rings is 1. The van der Waals surface area contributed by atoms with Crippen molar-refractivity contribution in [1.29, 1.82) is 0 Å². The fraction of sp³-hybridized carbons (Fsp3) is 0.500. The van der Waals surface area contributed by atoms with Crippen LogP contribution in [0.15, 0.2) is 28.7 Å². The number of nitrogens with two attached hydrogens (primary N) is 1. The first-order valence-corrected chi connectivity index (χ1v) is 7.56. The van der Waals surface area contributed by atoms with Crippen LogP contribution >= 0.6 is 11.6 Å². The van der Waals surface area contributed by atoms with Crippen molar-refractivity contribution in [2.24, 2.45) is 5.73 Å². The predicted octanol–water partition coefficient (Wildman–Crippen LogP) is 3.96. The lowest BCUT2D eigenvalue weighted by atomic mass is 9.91. The van der Waals surface area contributed by atoms with Crippen molar-refractivity contribution in [2.45, 2.75) is 38.3 Å². The molecule has 0 saturated carbocycles. The molecule has 1 atom stereocenters. The summed E-state index contributed by atoms with van der Waals surface area (Å²) in [6, 6.07) is 7.63. The summed E-state index contributed by atoms with van der Waals surface area (Å²) in [7, 11) is 0. The lowest BCUT2D eigenvalue weighted by Gasteiger charge is -2.39. The second-order valence-corrected chi connectivity index (χ2v) is 6.54. The van der Waals surface area contributed by atoms with E-state index in [4.69, 9.17) is 21.8 Å². The summed E-state index contributed by atoms with van der Waals surface area (Å²) in [6.45, 7) is 6.61. The third-order valence-electron chi connectivity index (χ3n) is 4.50. The quantitative estimate of drug-likeness (QED) is 0.931. The largest absolute Gasteiger partial charge is 0.458 e. The van der Waals surface area contributed by atoms with Gasteiger partial charge in [0.05, 0.1) is 11.1 Å². The lowest BCUT2D eigenvalue weighted by molar-refractivity contribution is 0.115. The van der Waals surface area contributed by atoms with Crippen molar-refractivity contribution in [1.82, 2.24) is 4.90 Å². The number of hydrogen-bond donors (Lipinski definition) is 1. The summed E-state index contributed by atoms with van der Waals surface area (Å²) < 4.78 is 5.92. The van der Waals surface area contributed by atoms with E-state index in [1.165, 1.54) is 12.8 Å². The van der Waals surface area contributed by atoms with E-state index >= 15 is 0 Å². The molecule has 4 heteroatoms. The number of para-hydroxylation sites is 1. The normalized spacial score (nSPS) is 18.8. The summed E-state index contributed by atoms with van der Waals surface area (Å²) in [4.78, 5) is 2.45. The minimum absolute atomic E-state index is 0.114. The van der Waals surface area contributed by atoms with Gasteiger partial charge < -0.3 is 10.2 Å². The van der Waals surface area contributed by atoms with Crippen molar-refractivity contribution in [3.63, 3.8) is 0 Å². The van der Waals surface area contributed by atoms with Gasteiger partial charge in [0.2, 0.25) is 0 Å². The van der Waals surface area contributed by atoms with Crippen LogP contribution in [0, 0.1) is 0 Å². The highest BCUT2D eigenvalue weighted by Gasteiger charge is 2.37. The fourth-order valence-corrected chi connectivity index (χ4v) is 3.26. The molecule has 1 fully saturated rings. The molecule has 2 N–H and O–H groups in total. The van der Waals surface area contributed by atoms with Crippen LogP contribution < -0.4 is 5.73 Å². The van der Waals surface area contributed by atoms with Gasteiger partial charge >= 0.3 is 0 Å². The highest BCUT2D eigenvalue weighted by Crippen LogP contribution is 2.35. The van der Waals surface area contributed by atoms with Gasteiger partial charge in [0.25, 0.3) is 0 Å². The first-order chi connectivity index (χ1) is 9.50. The zero-order valence-corrected chi connectivity index (χ0v) is 12.8. The van der Waals surface area contributed by atoms with Crippen LogP contribution in [0.4, 0.5) is 0 Å². The Hall–Kier alpha value is -1.03. The van der Waals surface area contributed by atoms with Gasteiger partial charge in [0.15, 0.2) is 5.58 Å². The summed E-state index contributed by atoms with van der Waals surface area (Å²) in [6.07, 6.45) is 2.50. The van der Waals surface area contributed by atoms with E-state index < -0.39 is 0 Å². The molecule has 2 heterocycles. The van der Waals surface area contributed by atoms with Crippen LogP contribution in [0.2, 0.25) is 5.02 Å². The second-order valence-electron chi connectivity index (χ2n) is 6.13. The van der Waals surface area contributed by atoms with Crippen molar-refractivity contribution in [3.05, 3.63) is 35.0 Å². The molecular formula is C16H21ClN2O. The Morgan fingerprint density at radius 2 is 2.00 bits per heavy atom. The van der Waals surface area contributed by atoms with Gasteiger partial charge in [-0.15, -0.1) is 0 Å². The number of halogens is 1. The average molecular weight is 293 g/mol. The van der Waals surface area contributed by atoms with Crippen LogP contribution in [-0.4, -0.2) is 23.5 Å². The van der Waals surface area contributed by atoms with E-state index in [0.29, 0.717) is 5.02 Å². The molecule has 1 saturated heterocycles. The summed E-state index contributed by atoms with van der Waals surface area (Å²) in [5.74, 6) is 0.810. The number of rotatable bonds is 3. The molecule has 0 aliphatic carbocycles. The summed E-state index contributed by atoms with van der Waals surface area (Å²) in [5.41, 5.74) is 7.11.